The molecule has 0 unspecified atom stereocenters. The first-order chi connectivity index (χ1) is 14.1. The molecule has 29 heavy (non-hydrogen) atoms. The lowest BCUT2D eigenvalue weighted by atomic mass is 10.1. The van der Waals surface area contributed by atoms with Gasteiger partial charge < -0.3 is 24.8 Å². The Balaban J connectivity index is 1.64. The first-order valence-corrected chi connectivity index (χ1v) is 9.78. The van der Waals surface area contributed by atoms with Crippen molar-refractivity contribution < 1.29 is 18.6 Å². The molecule has 0 fully saturated rings. The monoisotopic (exact) mass is 401 g/mol. The standard InChI is InChI=1S/C22H28FN3O3/c1-4-24-22(26-12-17-6-5-15(2)9-20(17)27-3)25-8-7-16-10-19(23)11-18-13-28-14-29-21(16)18/h5-6,9-11H,4,7-8,12-14H2,1-3H3,(H2,24,25,26). The molecule has 0 radical (unpaired) electrons. The third-order valence-electron chi connectivity index (χ3n) is 4.63. The van der Waals surface area contributed by atoms with Gasteiger partial charge in [0.1, 0.15) is 17.3 Å². The molecule has 0 saturated carbocycles. The Hall–Kier alpha value is -2.80. The summed E-state index contributed by atoms with van der Waals surface area (Å²) in [5.41, 5.74) is 3.73. The van der Waals surface area contributed by atoms with E-state index in [0.717, 1.165) is 40.3 Å². The molecule has 2 aromatic rings. The Bertz CT molecular complexity index is 871. The number of aryl methyl sites for hydroxylation is 1. The van der Waals surface area contributed by atoms with E-state index in [1.807, 2.05) is 32.0 Å². The molecule has 3 rings (SSSR count). The van der Waals surface area contributed by atoms with E-state index in [1.165, 1.54) is 12.1 Å². The van der Waals surface area contributed by atoms with Crippen LogP contribution in [-0.2, 0) is 24.3 Å². The Morgan fingerprint density at radius 2 is 2.07 bits per heavy atom. The summed E-state index contributed by atoms with van der Waals surface area (Å²) < 4.78 is 30.2. The molecule has 0 atom stereocenters. The molecule has 7 heteroatoms. The van der Waals surface area contributed by atoms with E-state index >= 15 is 0 Å². The van der Waals surface area contributed by atoms with E-state index in [2.05, 4.69) is 15.6 Å². The minimum absolute atomic E-state index is 0.196. The second-order valence-electron chi connectivity index (χ2n) is 6.85. The molecular formula is C22H28FN3O3. The van der Waals surface area contributed by atoms with Gasteiger partial charge in [0.25, 0.3) is 0 Å². The highest BCUT2D eigenvalue weighted by Crippen LogP contribution is 2.29. The Kier molecular flexibility index (Phi) is 7.30. The zero-order valence-corrected chi connectivity index (χ0v) is 17.2. The van der Waals surface area contributed by atoms with E-state index in [0.29, 0.717) is 32.1 Å². The topological polar surface area (TPSA) is 64.1 Å². The van der Waals surface area contributed by atoms with Crippen LogP contribution in [0.2, 0.25) is 0 Å². The summed E-state index contributed by atoms with van der Waals surface area (Å²) in [7, 11) is 1.66. The second kappa shape index (κ2) is 10.1. The number of hydrogen-bond donors (Lipinski definition) is 2. The normalized spacial score (nSPS) is 13.4. The molecule has 0 spiro atoms. The molecular weight excluding hydrogens is 373 g/mol. The van der Waals surface area contributed by atoms with Crippen molar-refractivity contribution in [1.29, 1.82) is 0 Å². The van der Waals surface area contributed by atoms with Gasteiger partial charge >= 0.3 is 0 Å². The zero-order valence-electron chi connectivity index (χ0n) is 17.2. The van der Waals surface area contributed by atoms with Gasteiger partial charge in [-0.25, -0.2) is 9.38 Å². The van der Waals surface area contributed by atoms with E-state index in [-0.39, 0.29) is 12.6 Å². The number of hydrogen-bond acceptors (Lipinski definition) is 4. The molecule has 6 nitrogen and oxygen atoms in total. The van der Waals surface area contributed by atoms with Gasteiger partial charge in [0, 0.05) is 24.2 Å². The summed E-state index contributed by atoms with van der Waals surface area (Å²) in [6.07, 6.45) is 0.609. The fourth-order valence-electron chi connectivity index (χ4n) is 3.25. The lowest BCUT2D eigenvalue weighted by Crippen LogP contribution is -2.38. The number of benzene rings is 2. The Labute approximate surface area is 171 Å². The van der Waals surface area contributed by atoms with Crippen molar-refractivity contribution >= 4 is 5.96 Å². The Morgan fingerprint density at radius 3 is 2.86 bits per heavy atom. The van der Waals surface area contributed by atoms with Gasteiger partial charge in [-0.15, -0.1) is 0 Å². The van der Waals surface area contributed by atoms with Crippen molar-refractivity contribution in [3.8, 4) is 11.5 Å². The van der Waals surface area contributed by atoms with Crippen LogP contribution in [0.4, 0.5) is 4.39 Å². The van der Waals surface area contributed by atoms with Gasteiger partial charge in [0.2, 0.25) is 0 Å². The maximum absolute atomic E-state index is 13.9. The SMILES string of the molecule is CCNC(=NCc1ccc(C)cc1OC)NCCc1cc(F)cc2c1OCOC2. The lowest BCUT2D eigenvalue weighted by molar-refractivity contribution is -0.0172. The second-order valence-corrected chi connectivity index (χ2v) is 6.85. The highest BCUT2D eigenvalue weighted by atomic mass is 19.1. The summed E-state index contributed by atoms with van der Waals surface area (Å²) in [6.45, 7) is 6.44. The average Bonchev–Trinajstić information content (AvgIpc) is 2.72. The molecule has 0 saturated heterocycles. The quantitative estimate of drug-likeness (QED) is 0.551. The van der Waals surface area contributed by atoms with Crippen LogP contribution in [-0.4, -0.2) is 33.0 Å². The molecule has 156 valence electrons. The minimum atomic E-state index is -0.278. The smallest absolute Gasteiger partial charge is 0.191 e. The van der Waals surface area contributed by atoms with Crippen LogP contribution in [0, 0.1) is 12.7 Å². The first kappa shape index (κ1) is 20.9. The molecule has 1 aliphatic heterocycles. The van der Waals surface area contributed by atoms with Gasteiger partial charge in [-0.3, -0.25) is 0 Å². The van der Waals surface area contributed by atoms with Crippen LogP contribution in [0.1, 0.15) is 29.2 Å². The van der Waals surface area contributed by atoms with Crippen molar-refractivity contribution in [2.75, 3.05) is 27.0 Å². The largest absolute Gasteiger partial charge is 0.496 e. The third kappa shape index (κ3) is 5.60. The fourth-order valence-corrected chi connectivity index (χ4v) is 3.25. The molecule has 1 aliphatic rings. The number of methoxy groups -OCH3 is 1. The van der Waals surface area contributed by atoms with Crippen LogP contribution in [0.3, 0.4) is 0 Å². The number of fused-ring (bicyclic) bond motifs is 1. The van der Waals surface area contributed by atoms with E-state index in [4.69, 9.17) is 14.2 Å². The molecule has 0 aliphatic carbocycles. The summed E-state index contributed by atoms with van der Waals surface area (Å²) >= 11 is 0. The van der Waals surface area contributed by atoms with Crippen LogP contribution in [0.5, 0.6) is 11.5 Å². The van der Waals surface area contributed by atoms with Crippen molar-refractivity contribution in [2.45, 2.75) is 33.4 Å². The van der Waals surface area contributed by atoms with E-state index < -0.39 is 0 Å². The van der Waals surface area contributed by atoms with Gasteiger partial charge in [-0.2, -0.15) is 0 Å². The van der Waals surface area contributed by atoms with Gasteiger partial charge in [0.15, 0.2) is 12.8 Å². The summed E-state index contributed by atoms with van der Waals surface area (Å²) in [4.78, 5) is 4.65. The predicted octanol–water partition coefficient (Wildman–Crippen LogP) is 3.31. The molecule has 0 amide bonds. The number of nitrogens with one attached hydrogen (secondary N) is 2. The van der Waals surface area contributed by atoms with Crippen molar-refractivity contribution in [3.05, 3.63) is 58.4 Å². The number of aliphatic imine (C=N–C) groups is 1. The molecule has 1 heterocycles. The van der Waals surface area contributed by atoms with E-state index in [9.17, 15) is 4.39 Å². The molecule has 2 N–H and O–H groups in total. The van der Waals surface area contributed by atoms with E-state index in [1.54, 1.807) is 7.11 Å². The number of ether oxygens (including phenoxy) is 3. The predicted molar refractivity (Wildman–Crippen MR) is 111 cm³/mol. The van der Waals surface area contributed by atoms with Gasteiger partial charge in [-0.05, 0) is 49.6 Å². The zero-order chi connectivity index (χ0) is 20.6. The lowest BCUT2D eigenvalue weighted by Gasteiger charge is -2.21. The molecule has 2 aromatic carbocycles. The van der Waals surface area contributed by atoms with Crippen LogP contribution in [0.25, 0.3) is 0 Å². The van der Waals surface area contributed by atoms with Gasteiger partial charge in [-0.1, -0.05) is 12.1 Å². The first-order valence-electron chi connectivity index (χ1n) is 9.78. The third-order valence-corrected chi connectivity index (χ3v) is 4.63. The van der Waals surface area contributed by atoms with Gasteiger partial charge in [0.05, 0.1) is 20.3 Å². The number of guanidine groups is 1. The number of rotatable bonds is 7. The summed E-state index contributed by atoms with van der Waals surface area (Å²) in [5.74, 6) is 1.98. The van der Waals surface area contributed by atoms with Crippen molar-refractivity contribution in [2.24, 2.45) is 4.99 Å². The highest BCUT2D eigenvalue weighted by Gasteiger charge is 2.16. The molecule has 0 bridgehead atoms. The highest BCUT2D eigenvalue weighted by molar-refractivity contribution is 5.79. The fraction of sp³-hybridized carbons (Fsp3) is 0.409. The minimum Gasteiger partial charge on any atom is -0.496 e. The van der Waals surface area contributed by atoms with Crippen molar-refractivity contribution in [1.82, 2.24) is 10.6 Å². The molecule has 0 aromatic heterocycles. The number of nitrogens with zero attached hydrogens (tertiary/aromatic N) is 1. The average molecular weight is 401 g/mol. The number of halogens is 1. The van der Waals surface area contributed by atoms with Crippen LogP contribution in [0.15, 0.2) is 35.3 Å². The Morgan fingerprint density at radius 1 is 1.21 bits per heavy atom. The maximum Gasteiger partial charge on any atom is 0.191 e. The van der Waals surface area contributed by atoms with Crippen LogP contribution >= 0.6 is 0 Å². The van der Waals surface area contributed by atoms with Crippen LogP contribution < -0.4 is 20.1 Å². The summed E-state index contributed by atoms with van der Waals surface area (Å²) in [5, 5.41) is 6.54. The summed E-state index contributed by atoms with van der Waals surface area (Å²) in [6, 6.07) is 9.06. The van der Waals surface area contributed by atoms with Crippen molar-refractivity contribution in [3.63, 3.8) is 0 Å². The maximum atomic E-state index is 13.9.